The lowest BCUT2D eigenvalue weighted by molar-refractivity contribution is -0.455. The van der Waals surface area contributed by atoms with Crippen molar-refractivity contribution in [1.82, 2.24) is 0 Å². The smallest absolute Gasteiger partial charge is 0.220 e. The second-order valence-corrected chi connectivity index (χ2v) is 3.23. The van der Waals surface area contributed by atoms with E-state index in [4.69, 9.17) is 0 Å². The van der Waals surface area contributed by atoms with E-state index in [2.05, 4.69) is 0 Å². The standard InChI is InChI=1S/C11H12NO/c13-11-7-4-8-12(11)9-10-5-2-1-3-6-10/h1-3,5-6,8H,4,7,9H2/q+1. The maximum absolute atomic E-state index is 11.3. The van der Waals surface area contributed by atoms with Gasteiger partial charge in [0.25, 0.3) is 0 Å². The Kier molecular flexibility index (Phi) is 2.21. The van der Waals surface area contributed by atoms with E-state index in [0.717, 1.165) is 13.0 Å². The van der Waals surface area contributed by atoms with Gasteiger partial charge in [-0.1, -0.05) is 30.3 Å². The lowest BCUT2D eigenvalue weighted by Crippen LogP contribution is -2.14. The van der Waals surface area contributed by atoms with Gasteiger partial charge in [-0.25, -0.2) is 4.79 Å². The van der Waals surface area contributed by atoms with Crippen molar-refractivity contribution in [1.29, 1.82) is 0 Å². The zero-order chi connectivity index (χ0) is 9.10. The van der Waals surface area contributed by atoms with Crippen LogP contribution in [0.15, 0.2) is 30.3 Å². The Morgan fingerprint density at radius 2 is 2.00 bits per heavy atom. The van der Waals surface area contributed by atoms with Crippen molar-refractivity contribution in [2.45, 2.75) is 19.4 Å². The lowest BCUT2D eigenvalue weighted by Gasteiger charge is -1.95. The highest BCUT2D eigenvalue weighted by atomic mass is 16.2. The van der Waals surface area contributed by atoms with Crippen LogP contribution in [0.3, 0.4) is 0 Å². The SMILES string of the molecule is O=C1CCC=[N+]1Cc1ccccc1. The van der Waals surface area contributed by atoms with Gasteiger partial charge >= 0.3 is 5.91 Å². The Morgan fingerprint density at radius 3 is 2.62 bits per heavy atom. The summed E-state index contributed by atoms with van der Waals surface area (Å²) in [6.07, 6.45) is 3.55. The maximum atomic E-state index is 11.3. The van der Waals surface area contributed by atoms with E-state index in [0.29, 0.717) is 6.42 Å². The number of benzene rings is 1. The number of amides is 1. The van der Waals surface area contributed by atoms with E-state index in [1.54, 1.807) is 4.58 Å². The van der Waals surface area contributed by atoms with Crippen molar-refractivity contribution in [3.8, 4) is 0 Å². The fourth-order valence-corrected chi connectivity index (χ4v) is 1.52. The molecule has 2 nitrogen and oxygen atoms in total. The van der Waals surface area contributed by atoms with Crippen LogP contribution in [-0.4, -0.2) is 16.7 Å². The van der Waals surface area contributed by atoms with Gasteiger partial charge in [0.1, 0.15) is 6.21 Å². The Bertz CT molecular complexity index is 340. The molecule has 0 saturated carbocycles. The summed E-state index contributed by atoms with van der Waals surface area (Å²) in [6, 6.07) is 10.1. The highest BCUT2D eigenvalue weighted by molar-refractivity contribution is 5.79. The van der Waals surface area contributed by atoms with Crippen molar-refractivity contribution in [2.24, 2.45) is 0 Å². The molecule has 2 rings (SSSR count). The zero-order valence-corrected chi connectivity index (χ0v) is 7.44. The van der Waals surface area contributed by atoms with Crippen LogP contribution in [0, 0.1) is 0 Å². The minimum Gasteiger partial charge on any atom is -0.220 e. The molecule has 0 N–H and O–H groups in total. The van der Waals surface area contributed by atoms with Gasteiger partial charge in [0, 0.05) is 12.0 Å². The van der Waals surface area contributed by atoms with Crippen LogP contribution in [0.25, 0.3) is 0 Å². The van der Waals surface area contributed by atoms with Crippen molar-refractivity contribution in [3.63, 3.8) is 0 Å². The number of carbonyl (C=O) groups excluding carboxylic acids is 1. The molecule has 2 heteroatoms. The Balaban J connectivity index is 2.11. The molecule has 1 heterocycles. The molecule has 0 radical (unpaired) electrons. The summed E-state index contributed by atoms with van der Waals surface area (Å²) in [5.74, 6) is 0.240. The fraction of sp³-hybridized carbons (Fsp3) is 0.273. The largest absolute Gasteiger partial charge is 0.387 e. The van der Waals surface area contributed by atoms with Crippen LogP contribution >= 0.6 is 0 Å². The topological polar surface area (TPSA) is 20.1 Å². The van der Waals surface area contributed by atoms with Gasteiger partial charge in [0.15, 0.2) is 6.54 Å². The van der Waals surface area contributed by atoms with Crippen LogP contribution in [-0.2, 0) is 11.3 Å². The molecule has 1 aliphatic rings. The molecule has 1 aromatic rings. The minimum absolute atomic E-state index is 0.240. The van der Waals surface area contributed by atoms with Crippen LogP contribution in [0.4, 0.5) is 0 Å². The fourth-order valence-electron chi connectivity index (χ4n) is 1.52. The van der Waals surface area contributed by atoms with E-state index in [9.17, 15) is 4.79 Å². The van der Waals surface area contributed by atoms with Gasteiger partial charge in [0.2, 0.25) is 0 Å². The normalized spacial score (nSPS) is 16.0. The number of hydrogen-bond donors (Lipinski definition) is 0. The molecule has 0 fully saturated rings. The number of carbonyl (C=O) groups is 1. The lowest BCUT2D eigenvalue weighted by atomic mass is 10.2. The number of hydrogen-bond acceptors (Lipinski definition) is 1. The molecular formula is C11H12NO+. The van der Waals surface area contributed by atoms with Crippen LogP contribution in [0.1, 0.15) is 18.4 Å². The third-order valence-electron chi connectivity index (χ3n) is 2.22. The van der Waals surface area contributed by atoms with Gasteiger partial charge < -0.3 is 0 Å². The minimum atomic E-state index is 0.240. The summed E-state index contributed by atoms with van der Waals surface area (Å²) in [6.45, 7) is 0.722. The summed E-state index contributed by atoms with van der Waals surface area (Å²) >= 11 is 0. The second kappa shape index (κ2) is 3.52. The third kappa shape index (κ3) is 1.83. The highest BCUT2D eigenvalue weighted by Crippen LogP contribution is 2.06. The molecule has 0 atom stereocenters. The molecular weight excluding hydrogens is 162 g/mol. The molecule has 0 bridgehead atoms. The summed E-state index contributed by atoms with van der Waals surface area (Å²) in [4.78, 5) is 11.3. The molecule has 1 aromatic carbocycles. The highest BCUT2D eigenvalue weighted by Gasteiger charge is 2.22. The van der Waals surface area contributed by atoms with E-state index in [1.807, 2.05) is 36.5 Å². The molecule has 0 aromatic heterocycles. The molecule has 1 amide bonds. The molecule has 0 spiro atoms. The maximum Gasteiger partial charge on any atom is 0.387 e. The Labute approximate surface area is 77.5 Å². The Morgan fingerprint density at radius 1 is 1.23 bits per heavy atom. The summed E-state index contributed by atoms with van der Waals surface area (Å²) < 4.78 is 1.80. The summed E-state index contributed by atoms with van der Waals surface area (Å²) in [5, 5.41) is 0. The molecule has 66 valence electrons. The molecule has 1 aliphatic heterocycles. The van der Waals surface area contributed by atoms with Crippen molar-refractivity contribution < 1.29 is 9.37 Å². The predicted octanol–water partition coefficient (Wildman–Crippen LogP) is 1.59. The van der Waals surface area contributed by atoms with Gasteiger partial charge in [-0.05, 0) is 0 Å². The van der Waals surface area contributed by atoms with E-state index < -0.39 is 0 Å². The third-order valence-corrected chi connectivity index (χ3v) is 2.22. The summed E-state index contributed by atoms with van der Waals surface area (Å²) in [7, 11) is 0. The van der Waals surface area contributed by atoms with Gasteiger partial charge in [-0.15, -0.1) is 0 Å². The van der Waals surface area contributed by atoms with Crippen LogP contribution < -0.4 is 0 Å². The first-order valence-corrected chi connectivity index (χ1v) is 4.53. The van der Waals surface area contributed by atoms with E-state index >= 15 is 0 Å². The molecule has 13 heavy (non-hydrogen) atoms. The molecule has 0 aliphatic carbocycles. The average Bonchev–Trinajstić information content (AvgIpc) is 2.54. The first kappa shape index (κ1) is 8.17. The quantitative estimate of drug-likeness (QED) is 0.623. The zero-order valence-electron chi connectivity index (χ0n) is 7.44. The molecule has 0 unspecified atom stereocenters. The van der Waals surface area contributed by atoms with E-state index in [1.165, 1.54) is 5.56 Å². The first-order chi connectivity index (χ1) is 6.36. The van der Waals surface area contributed by atoms with Crippen molar-refractivity contribution in [2.75, 3.05) is 0 Å². The summed E-state index contributed by atoms with van der Waals surface area (Å²) in [5.41, 5.74) is 1.19. The first-order valence-electron chi connectivity index (χ1n) is 4.53. The van der Waals surface area contributed by atoms with Gasteiger partial charge in [-0.2, -0.15) is 4.58 Å². The number of nitrogens with zero attached hydrogens (tertiary/aromatic N) is 1. The van der Waals surface area contributed by atoms with Crippen molar-refractivity contribution >= 4 is 12.1 Å². The van der Waals surface area contributed by atoms with Gasteiger partial charge in [-0.3, -0.25) is 0 Å². The van der Waals surface area contributed by atoms with Gasteiger partial charge in [0.05, 0.1) is 6.42 Å². The average molecular weight is 174 g/mol. The van der Waals surface area contributed by atoms with E-state index in [-0.39, 0.29) is 5.91 Å². The molecule has 0 saturated heterocycles. The Hall–Kier alpha value is -1.44. The van der Waals surface area contributed by atoms with Crippen molar-refractivity contribution in [3.05, 3.63) is 35.9 Å². The number of rotatable bonds is 2. The monoisotopic (exact) mass is 174 g/mol. The van der Waals surface area contributed by atoms with Crippen LogP contribution in [0.5, 0.6) is 0 Å². The van der Waals surface area contributed by atoms with Crippen LogP contribution in [0.2, 0.25) is 0 Å². The second-order valence-electron chi connectivity index (χ2n) is 3.23. The predicted molar refractivity (Wildman–Crippen MR) is 50.7 cm³/mol.